The van der Waals surface area contributed by atoms with E-state index in [1.807, 2.05) is 0 Å². The number of aliphatic hydroxyl groups excluding tert-OH is 2. The van der Waals surface area contributed by atoms with Crippen molar-refractivity contribution in [2.45, 2.75) is 90.0 Å². The van der Waals surface area contributed by atoms with E-state index >= 15 is 0 Å². The van der Waals surface area contributed by atoms with Crippen molar-refractivity contribution < 1.29 is 14.6 Å². The lowest BCUT2D eigenvalue weighted by molar-refractivity contribution is 0.0609. The molecule has 164 valence electrons. The van der Waals surface area contributed by atoms with E-state index in [1.165, 1.54) is 37.7 Å². The molecule has 1 aliphatic heterocycles. The Morgan fingerprint density at radius 2 is 1.93 bits per heavy atom. The number of nitrogens with zero attached hydrogens (tertiary/aromatic N) is 1. The zero-order valence-electron chi connectivity index (χ0n) is 18.3. The predicted molar refractivity (Wildman–Crippen MR) is 115 cm³/mol. The highest BCUT2D eigenvalue weighted by molar-refractivity contribution is 5.26. The summed E-state index contributed by atoms with van der Waals surface area (Å²) in [7, 11) is 0. The Kier molecular flexibility index (Phi) is 6.53. The van der Waals surface area contributed by atoms with Crippen LogP contribution >= 0.6 is 0 Å². The van der Waals surface area contributed by atoms with Gasteiger partial charge in [0, 0.05) is 19.6 Å². The van der Waals surface area contributed by atoms with Gasteiger partial charge in [0.1, 0.15) is 6.17 Å². The average Bonchev–Trinajstić information content (AvgIpc) is 3.21. The van der Waals surface area contributed by atoms with Gasteiger partial charge in [-0.1, -0.05) is 37.1 Å². The van der Waals surface area contributed by atoms with Crippen molar-refractivity contribution in [2.75, 3.05) is 19.6 Å². The van der Waals surface area contributed by atoms with Gasteiger partial charge in [-0.25, -0.2) is 4.39 Å². The molecule has 0 aromatic rings. The highest BCUT2D eigenvalue weighted by Gasteiger charge is 2.50. The lowest BCUT2D eigenvalue weighted by atomic mass is 9.61. The summed E-state index contributed by atoms with van der Waals surface area (Å²) >= 11 is 0. The maximum absolute atomic E-state index is 13.6. The summed E-state index contributed by atoms with van der Waals surface area (Å²) in [4.78, 5) is 2.34. The van der Waals surface area contributed by atoms with Gasteiger partial charge in [0.15, 0.2) is 0 Å². The Labute approximate surface area is 176 Å². The maximum atomic E-state index is 13.6. The Bertz CT molecular complexity index is 635. The Morgan fingerprint density at radius 3 is 2.62 bits per heavy atom. The molecule has 4 aliphatic rings. The minimum atomic E-state index is -0.622. The van der Waals surface area contributed by atoms with Gasteiger partial charge < -0.3 is 15.1 Å². The van der Waals surface area contributed by atoms with Crippen molar-refractivity contribution in [2.24, 2.45) is 23.2 Å². The maximum Gasteiger partial charge on any atom is 0.114 e. The third-order valence-electron chi connectivity index (χ3n) is 8.56. The molecule has 4 rings (SSSR count). The molecule has 0 aromatic carbocycles. The SMILES string of the molecule is CC(CN1CC[C@@H](F)C1)[C@H]1CC[C@H]2/C(=C/C=C3C[C@@H](O)C[C@@H](O)C3)CCC[C@]12C. The average molecular weight is 406 g/mol. The van der Waals surface area contributed by atoms with Crippen molar-refractivity contribution in [1.29, 1.82) is 0 Å². The van der Waals surface area contributed by atoms with Crippen LogP contribution in [0, 0.1) is 23.2 Å². The van der Waals surface area contributed by atoms with Crippen molar-refractivity contribution in [3.8, 4) is 0 Å². The molecule has 0 spiro atoms. The number of alkyl halides is 1. The first-order valence-electron chi connectivity index (χ1n) is 12.0. The molecular formula is C25H40FNO2. The molecule has 0 amide bonds. The molecule has 1 unspecified atom stereocenters. The quantitative estimate of drug-likeness (QED) is 0.716. The van der Waals surface area contributed by atoms with Crippen LogP contribution in [0.4, 0.5) is 4.39 Å². The van der Waals surface area contributed by atoms with E-state index in [-0.39, 0.29) is 0 Å². The van der Waals surface area contributed by atoms with E-state index in [2.05, 4.69) is 30.9 Å². The molecular weight excluding hydrogens is 365 g/mol. The van der Waals surface area contributed by atoms with E-state index in [0.717, 1.165) is 19.0 Å². The van der Waals surface area contributed by atoms with E-state index < -0.39 is 18.4 Å². The monoisotopic (exact) mass is 405 g/mol. The summed E-state index contributed by atoms with van der Waals surface area (Å²) in [6.07, 6.45) is 12.1. The summed E-state index contributed by atoms with van der Waals surface area (Å²) in [5.74, 6) is 2.00. The van der Waals surface area contributed by atoms with E-state index in [0.29, 0.717) is 49.5 Å². The van der Waals surface area contributed by atoms with Gasteiger partial charge in [0.25, 0.3) is 0 Å². The van der Waals surface area contributed by atoms with Crippen LogP contribution in [0.2, 0.25) is 0 Å². The minimum Gasteiger partial charge on any atom is -0.393 e. The van der Waals surface area contributed by atoms with Crippen molar-refractivity contribution in [1.82, 2.24) is 4.90 Å². The molecule has 3 nitrogen and oxygen atoms in total. The van der Waals surface area contributed by atoms with Gasteiger partial charge >= 0.3 is 0 Å². The predicted octanol–water partition coefficient (Wildman–Crippen LogP) is 4.64. The highest BCUT2D eigenvalue weighted by Crippen LogP contribution is 2.59. The van der Waals surface area contributed by atoms with Gasteiger partial charge in [-0.2, -0.15) is 0 Å². The minimum absolute atomic E-state index is 0.364. The second-order valence-corrected chi connectivity index (χ2v) is 10.7. The van der Waals surface area contributed by atoms with Crippen LogP contribution in [0.15, 0.2) is 23.3 Å². The summed E-state index contributed by atoms with van der Waals surface area (Å²) in [6.45, 7) is 7.52. The second kappa shape index (κ2) is 8.80. The number of hydrogen-bond acceptors (Lipinski definition) is 3. The van der Waals surface area contributed by atoms with E-state index in [9.17, 15) is 14.6 Å². The third kappa shape index (κ3) is 4.65. The lowest BCUT2D eigenvalue weighted by Crippen LogP contribution is -2.39. The first kappa shape index (κ1) is 21.5. The Balaban J connectivity index is 1.44. The van der Waals surface area contributed by atoms with Crippen LogP contribution in [-0.4, -0.2) is 53.1 Å². The number of hydrogen-bond donors (Lipinski definition) is 2. The number of allylic oxidation sites excluding steroid dienone is 3. The van der Waals surface area contributed by atoms with Crippen LogP contribution in [0.1, 0.15) is 71.6 Å². The molecule has 2 N–H and O–H groups in total. The smallest absolute Gasteiger partial charge is 0.114 e. The van der Waals surface area contributed by atoms with E-state index in [1.54, 1.807) is 5.57 Å². The summed E-state index contributed by atoms with van der Waals surface area (Å²) < 4.78 is 13.6. The molecule has 0 aromatic heterocycles. The first-order chi connectivity index (χ1) is 13.8. The Morgan fingerprint density at radius 1 is 1.17 bits per heavy atom. The topological polar surface area (TPSA) is 43.7 Å². The van der Waals surface area contributed by atoms with Crippen LogP contribution in [-0.2, 0) is 0 Å². The fourth-order valence-corrected chi connectivity index (χ4v) is 7.23. The largest absolute Gasteiger partial charge is 0.393 e. The lowest BCUT2D eigenvalue weighted by Gasteiger charge is -2.45. The molecule has 0 radical (unpaired) electrons. The third-order valence-corrected chi connectivity index (χ3v) is 8.56. The van der Waals surface area contributed by atoms with Crippen LogP contribution < -0.4 is 0 Å². The molecule has 4 heteroatoms. The fraction of sp³-hybridized carbons (Fsp3) is 0.840. The zero-order chi connectivity index (χ0) is 20.6. The van der Waals surface area contributed by atoms with Crippen molar-refractivity contribution >= 4 is 0 Å². The number of halogens is 1. The molecule has 3 saturated carbocycles. The number of rotatable bonds is 4. The molecule has 1 heterocycles. The summed E-state index contributed by atoms with van der Waals surface area (Å²) in [5.41, 5.74) is 3.14. The van der Waals surface area contributed by atoms with Gasteiger partial charge in [-0.15, -0.1) is 0 Å². The normalized spacial score (nSPS) is 45.1. The van der Waals surface area contributed by atoms with Crippen LogP contribution in [0.3, 0.4) is 0 Å². The van der Waals surface area contributed by atoms with Gasteiger partial charge in [0.05, 0.1) is 12.2 Å². The molecule has 3 aliphatic carbocycles. The Hall–Kier alpha value is -0.710. The summed E-state index contributed by atoms with van der Waals surface area (Å²) in [6, 6.07) is 0. The molecule has 0 bridgehead atoms. The number of likely N-dealkylation sites (tertiary alicyclic amines) is 1. The number of aliphatic hydroxyl groups is 2. The molecule has 1 saturated heterocycles. The van der Waals surface area contributed by atoms with Crippen molar-refractivity contribution in [3.63, 3.8) is 0 Å². The van der Waals surface area contributed by atoms with Crippen LogP contribution in [0.25, 0.3) is 0 Å². The first-order valence-corrected chi connectivity index (χ1v) is 12.0. The zero-order valence-corrected chi connectivity index (χ0v) is 18.3. The second-order valence-electron chi connectivity index (χ2n) is 10.7. The van der Waals surface area contributed by atoms with E-state index in [4.69, 9.17) is 0 Å². The van der Waals surface area contributed by atoms with Crippen molar-refractivity contribution in [3.05, 3.63) is 23.3 Å². The van der Waals surface area contributed by atoms with Gasteiger partial charge in [-0.05, 0) is 81.0 Å². The molecule has 29 heavy (non-hydrogen) atoms. The van der Waals surface area contributed by atoms with Gasteiger partial charge in [-0.3, -0.25) is 0 Å². The van der Waals surface area contributed by atoms with Gasteiger partial charge in [0.2, 0.25) is 0 Å². The summed E-state index contributed by atoms with van der Waals surface area (Å²) in [5, 5.41) is 19.9. The van der Waals surface area contributed by atoms with Crippen LogP contribution in [0.5, 0.6) is 0 Å². The molecule has 7 atom stereocenters. The standard InChI is InChI=1S/C25H40FNO2/c1-17(15-27-11-9-20(26)16-27)23-7-8-24-19(4-3-10-25(23,24)2)6-5-18-12-21(28)14-22(29)13-18/h5-6,17,20-24,28-29H,3-4,7-16H2,1-2H3/b18-5?,19-6+/t17?,20-,21-,22+,23-,24+,25-/m1/s1. The number of fused-ring (bicyclic) bond motifs is 1. The highest BCUT2D eigenvalue weighted by atomic mass is 19.1. The fourth-order valence-electron chi connectivity index (χ4n) is 7.23. The molecule has 4 fully saturated rings.